The van der Waals surface area contributed by atoms with Crippen LogP contribution in [-0.2, 0) is 9.53 Å². The number of rotatable bonds is 3. The van der Waals surface area contributed by atoms with Crippen LogP contribution in [0.2, 0.25) is 0 Å². The van der Waals surface area contributed by atoms with E-state index in [1.165, 1.54) is 0 Å². The van der Waals surface area contributed by atoms with E-state index in [2.05, 4.69) is 10.1 Å². The van der Waals surface area contributed by atoms with Crippen LogP contribution < -0.4 is 5.32 Å². The van der Waals surface area contributed by atoms with Gasteiger partial charge >= 0.3 is 5.97 Å². The first-order valence-corrected chi connectivity index (χ1v) is 3.81. The molecule has 2 N–H and O–H groups in total. The Morgan fingerprint density at radius 1 is 1.71 bits per heavy atom. The fraction of sp³-hybridized carbons (Fsp3) is 0.857. The molecule has 1 saturated heterocycles. The number of carboxylic acids is 1. The van der Waals surface area contributed by atoms with Crippen LogP contribution in [0.25, 0.3) is 0 Å². The number of alkyl halides is 2. The summed E-state index contributed by atoms with van der Waals surface area (Å²) in [5.41, 5.74) is -1.64. The molecule has 0 aromatic heterocycles. The highest BCUT2D eigenvalue weighted by Crippen LogP contribution is 2.29. The van der Waals surface area contributed by atoms with Crippen molar-refractivity contribution in [1.29, 1.82) is 0 Å². The number of methoxy groups -OCH3 is 1. The molecule has 0 spiro atoms. The third-order valence-electron chi connectivity index (χ3n) is 2.30. The molecule has 1 aliphatic rings. The van der Waals surface area contributed by atoms with Crippen molar-refractivity contribution in [2.45, 2.75) is 24.5 Å². The van der Waals surface area contributed by atoms with Gasteiger partial charge in [-0.05, 0) is 0 Å². The molecule has 0 aromatic rings. The van der Waals surface area contributed by atoms with E-state index in [4.69, 9.17) is 5.11 Å². The molecule has 2 atom stereocenters. The first-order chi connectivity index (χ1) is 6.02. The van der Waals surface area contributed by atoms with Gasteiger partial charge in [0.25, 0.3) is 6.43 Å². The van der Waals surface area contributed by atoms with Gasteiger partial charge in [0.1, 0.15) is 11.6 Å². The maximum Gasteiger partial charge on any atom is 0.320 e. The Bertz CT molecular complexity index is 217. The zero-order chi connectivity index (χ0) is 10.1. The molecule has 1 aliphatic heterocycles. The Kier molecular flexibility index (Phi) is 4.70. The number of ether oxygens (including phenoxy) is 1. The average Bonchev–Trinajstić information content (AvgIpc) is 2.49. The molecular weight excluding hydrogens is 220 g/mol. The van der Waals surface area contributed by atoms with Gasteiger partial charge < -0.3 is 15.2 Å². The fourth-order valence-electron chi connectivity index (χ4n) is 1.37. The van der Waals surface area contributed by atoms with Crippen molar-refractivity contribution in [2.75, 3.05) is 13.7 Å². The third-order valence-corrected chi connectivity index (χ3v) is 2.30. The molecule has 7 heteroatoms. The van der Waals surface area contributed by atoms with E-state index in [0.717, 1.165) is 7.11 Å². The summed E-state index contributed by atoms with van der Waals surface area (Å²) >= 11 is 0. The van der Waals surface area contributed by atoms with Crippen LogP contribution in [0.15, 0.2) is 0 Å². The monoisotopic (exact) mass is 231 g/mol. The van der Waals surface area contributed by atoms with Crippen molar-refractivity contribution >= 4 is 18.4 Å². The number of halogens is 3. The largest absolute Gasteiger partial charge is 0.480 e. The molecule has 0 aromatic carbocycles. The number of carboxylic acid groups (broad SMARTS) is 1. The van der Waals surface area contributed by atoms with E-state index in [0.29, 0.717) is 0 Å². The first kappa shape index (κ1) is 13.5. The van der Waals surface area contributed by atoms with Crippen molar-refractivity contribution in [3.63, 3.8) is 0 Å². The van der Waals surface area contributed by atoms with Crippen molar-refractivity contribution in [3.8, 4) is 0 Å². The van der Waals surface area contributed by atoms with Gasteiger partial charge in [0.05, 0.1) is 0 Å². The number of aliphatic carboxylic acids is 1. The van der Waals surface area contributed by atoms with E-state index in [1.54, 1.807) is 0 Å². The smallest absolute Gasteiger partial charge is 0.320 e. The number of hydrogen-bond acceptors (Lipinski definition) is 3. The molecule has 4 nitrogen and oxygen atoms in total. The zero-order valence-electron chi connectivity index (χ0n) is 7.50. The second-order valence-corrected chi connectivity index (χ2v) is 3.05. The molecule has 1 rings (SSSR count). The summed E-state index contributed by atoms with van der Waals surface area (Å²) in [5.74, 6) is -1.13. The molecule has 0 aliphatic carbocycles. The van der Waals surface area contributed by atoms with Crippen molar-refractivity contribution in [2.24, 2.45) is 0 Å². The van der Waals surface area contributed by atoms with Crippen molar-refractivity contribution < 1.29 is 23.4 Å². The van der Waals surface area contributed by atoms with Crippen LogP contribution in [-0.4, -0.2) is 42.8 Å². The molecule has 84 valence electrons. The summed E-state index contributed by atoms with van der Waals surface area (Å²) in [6.07, 6.45) is -2.87. The van der Waals surface area contributed by atoms with Gasteiger partial charge in [-0.1, -0.05) is 0 Å². The lowest BCUT2D eigenvalue weighted by molar-refractivity contribution is -0.141. The average molecular weight is 232 g/mol. The Morgan fingerprint density at radius 3 is 2.50 bits per heavy atom. The van der Waals surface area contributed by atoms with Crippen LogP contribution in [0.4, 0.5) is 8.78 Å². The van der Waals surface area contributed by atoms with Crippen LogP contribution in [0.5, 0.6) is 0 Å². The SMILES string of the molecule is CO[C@]1(C(F)F)CN[C@H](C(=O)O)C1.Cl. The van der Waals surface area contributed by atoms with Gasteiger partial charge in [0.2, 0.25) is 0 Å². The summed E-state index contributed by atoms with van der Waals surface area (Å²) in [7, 11) is 1.16. The Labute approximate surface area is 86.0 Å². The van der Waals surface area contributed by atoms with E-state index in [1.807, 2.05) is 0 Å². The topological polar surface area (TPSA) is 58.6 Å². The van der Waals surface area contributed by atoms with Gasteiger partial charge in [0.15, 0.2) is 0 Å². The predicted molar refractivity (Wildman–Crippen MR) is 47.0 cm³/mol. The summed E-state index contributed by atoms with van der Waals surface area (Å²) in [4.78, 5) is 10.5. The molecule has 14 heavy (non-hydrogen) atoms. The summed E-state index contributed by atoms with van der Waals surface area (Å²) < 4.78 is 29.6. The maximum atomic E-state index is 12.5. The molecule has 1 fully saturated rings. The second-order valence-electron chi connectivity index (χ2n) is 3.05. The maximum absolute atomic E-state index is 12.5. The highest BCUT2D eigenvalue weighted by Gasteiger charge is 2.48. The standard InChI is InChI=1S/C7H11F2NO3.ClH/c1-13-7(6(8)9)2-4(5(11)12)10-3-7;/h4,6,10H,2-3H2,1H3,(H,11,12);1H/t4-,7-;/m0./s1. The van der Waals surface area contributed by atoms with Gasteiger partial charge in [-0.15, -0.1) is 12.4 Å². The number of nitrogens with one attached hydrogen (secondary N) is 1. The molecule has 0 amide bonds. The number of carbonyl (C=O) groups is 1. The van der Waals surface area contributed by atoms with E-state index < -0.39 is 24.0 Å². The van der Waals surface area contributed by atoms with Crippen molar-refractivity contribution in [1.82, 2.24) is 5.32 Å². The Hall–Kier alpha value is -0.460. The minimum atomic E-state index is -2.67. The minimum absolute atomic E-state index is 0. The van der Waals surface area contributed by atoms with Crippen molar-refractivity contribution in [3.05, 3.63) is 0 Å². The minimum Gasteiger partial charge on any atom is -0.480 e. The molecule has 0 unspecified atom stereocenters. The molecule has 0 saturated carbocycles. The summed E-state index contributed by atoms with van der Waals surface area (Å²) in [5, 5.41) is 11.0. The van der Waals surface area contributed by atoms with Crippen LogP contribution in [0, 0.1) is 0 Å². The van der Waals surface area contributed by atoms with E-state index >= 15 is 0 Å². The van der Waals surface area contributed by atoms with E-state index in [9.17, 15) is 13.6 Å². The summed E-state index contributed by atoms with van der Waals surface area (Å²) in [6, 6.07) is -0.936. The van der Waals surface area contributed by atoms with Gasteiger partial charge in [-0.25, -0.2) is 8.78 Å². The molecule has 0 radical (unpaired) electrons. The molecule has 1 heterocycles. The lowest BCUT2D eigenvalue weighted by atomic mass is 10.0. The Morgan fingerprint density at radius 2 is 2.29 bits per heavy atom. The summed E-state index contributed by atoms with van der Waals surface area (Å²) in [6.45, 7) is -0.127. The van der Waals surface area contributed by atoms with Crippen LogP contribution in [0.1, 0.15) is 6.42 Å². The molecule has 0 bridgehead atoms. The van der Waals surface area contributed by atoms with Crippen LogP contribution in [0.3, 0.4) is 0 Å². The fourth-order valence-corrected chi connectivity index (χ4v) is 1.37. The lowest BCUT2D eigenvalue weighted by Gasteiger charge is -2.25. The predicted octanol–water partition coefficient (Wildman–Crippen LogP) is 0.505. The highest BCUT2D eigenvalue weighted by molar-refractivity contribution is 5.85. The van der Waals surface area contributed by atoms with E-state index in [-0.39, 0.29) is 25.4 Å². The second kappa shape index (κ2) is 4.86. The van der Waals surface area contributed by atoms with Gasteiger partial charge in [-0.3, -0.25) is 4.79 Å². The lowest BCUT2D eigenvalue weighted by Crippen LogP contribution is -2.41. The quantitative estimate of drug-likeness (QED) is 0.743. The van der Waals surface area contributed by atoms with Gasteiger partial charge in [0, 0.05) is 20.1 Å². The van der Waals surface area contributed by atoms with Crippen LogP contribution >= 0.6 is 12.4 Å². The third kappa shape index (κ3) is 2.31. The normalized spacial score (nSPS) is 31.6. The zero-order valence-corrected chi connectivity index (χ0v) is 8.31. The molecular formula is C7H12ClF2NO3. The Balaban J connectivity index is 0.00000169. The number of hydrogen-bond donors (Lipinski definition) is 2. The highest BCUT2D eigenvalue weighted by atomic mass is 35.5. The van der Waals surface area contributed by atoms with Gasteiger partial charge in [-0.2, -0.15) is 0 Å². The first-order valence-electron chi connectivity index (χ1n) is 3.81.